The predicted octanol–water partition coefficient (Wildman–Crippen LogP) is -1.07. The van der Waals surface area contributed by atoms with Gasteiger partial charge >= 0.3 is 0 Å². The minimum absolute atomic E-state index is 0.0793. The van der Waals surface area contributed by atoms with Gasteiger partial charge in [0.1, 0.15) is 24.3 Å². The highest BCUT2D eigenvalue weighted by molar-refractivity contribution is 5.99. The number of nitrogens with one attached hydrogen (secondary N) is 3. The number of ketones is 1. The number of Topliss-reactive ketones (excluding diaryl/α,β-unsaturated/α-hetero) is 1. The van der Waals surface area contributed by atoms with Crippen molar-refractivity contribution in [2.75, 3.05) is 34.0 Å². The number of amides is 3. The molecule has 1 aromatic heterocycles. The van der Waals surface area contributed by atoms with E-state index in [4.69, 9.17) is 23.8 Å². The smallest absolute Gasteiger partial charge is 0.274 e. The van der Waals surface area contributed by atoms with Gasteiger partial charge in [0.2, 0.25) is 11.8 Å². The van der Waals surface area contributed by atoms with Gasteiger partial charge in [-0.1, -0.05) is 19.0 Å². The summed E-state index contributed by atoms with van der Waals surface area (Å²) in [4.78, 5) is 51.2. The molecule has 3 amide bonds. The Balaban J connectivity index is 2.08. The largest absolute Gasteiger partial charge is 0.388 e. The molecule has 1 fully saturated rings. The molecular weight excluding hydrogens is 464 g/mol. The van der Waals surface area contributed by atoms with Crippen LogP contribution < -0.4 is 16.0 Å². The zero-order chi connectivity index (χ0) is 26.2. The molecule has 1 saturated heterocycles. The highest BCUT2D eigenvalue weighted by atomic mass is 16.6. The Kier molecular flexibility index (Phi) is 10.3. The summed E-state index contributed by atoms with van der Waals surface area (Å²) in [6.45, 7) is 4.98. The molecule has 0 radical (unpaired) electrons. The molecule has 0 saturated carbocycles. The van der Waals surface area contributed by atoms with E-state index in [-0.39, 0.29) is 43.0 Å². The second kappa shape index (κ2) is 12.7. The lowest BCUT2D eigenvalue weighted by molar-refractivity contribution is -0.134. The summed E-state index contributed by atoms with van der Waals surface area (Å²) in [5, 5.41) is 20.3. The number of carbonyl (C=O) groups excluding carboxylic acids is 4. The van der Waals surface area contributed by atoms with Crippen LogP contribution in [0.1, 0.15) is 43.4 Å². The van der Waals surface area contributed by atoms with Crippen molar-refractivity contribution < 1.29 is 43.0 Å². The van der Waals surface area contributed by atoms with Crippen molar-refractivity contribution in [2.45, 2.75) is 57.5 Å². The maximum atomic E-state index is 13.0. The molecule has 0 bridgehead atoms. The average Bonchev–Trinajstić information content (AvgIpc) is 3.37. The van der Waals surface area contributed by atoms with Crippen molar-refractivity contribution in [1.29, 1.82) is 0 Å². The van der Waals surface area contributed by atoms with Gasteiger partial charge in [-0.25, -0.2) is 0 Å². The monoisotopic (exact) mass is 498 g/mol. The molecule has 2 heterocycles. The number of hydrogen-bond acceptors (Lipinski definition) is 10. The van der Waals surface area contributed by atoms with Gasteiger partial charge in [-0.3, -0.25) is 19.2 Å². The molecule has 35 heavy (non-hydrogen) atoms. The van der Waals surface area contributed by atoms with E-state index < -0.39 is 48.1 Å². The SMILES string of the molecule is COCC(NC(=O)c1cc(CO)on1)C(=O)NC(COC)C(=O)NC(CC(C)C)C(=O)C1(C)CO1. The minimum atomic E-state index is -1.18. The van der Waals surface area contributed by atoms with Crippen LogP contribution in [0.3, 0.4) is 0 Å². The Bertz CT molecular complexity index is 897. The zero-order valence-corrected chi connectivity index (χ0v) is 20.6. The number of carbonyl (C=O) groups is 4. The Morgan fingerprint density at radius 1 is 1.06 bits per heavy atom. The van der Waals surface area contributed by atoms with Gasteiger partial charge in [0.05, 0.1) is 25.9 Å². The third kappa shape index (κ3) is 8.09. The standard InChI is InChI=1S/C22H34N4O9/c1-12(2)6-14(18(28)22(3)11-34-22)23-20(30)16(9-32-4)25-21(31)17(10-33-5)24-19(29)15-7-13(8-27)35-26-15/h7,12,14,16-17,27H,6,8-11H2,1-5H3,(H,23,30)(H,24,29)(H,25,31). The lowest BCUT2D eigenvalue weighted by Gasteiger charge is -2.26. The van der Waals surface area contributed by atoms with Crippen LogP contribution in [-0.4, -0.2) is 91.5 Å². The van der Waals surface area contributed by atoms with Crippen molar-refractivity contribution in [3.8, 4) is 0 Å². The fraction of sp³-hybridized carbons (Fsp3) is 0.682. The van der Waals surface area contributed by atoms with Crippen LogP contribution in [0, 0.1) is 5.92 Å². The van der Waals surface area contributed by atoms with Gasteiger partial charge in [0, 0.05) is 20.3 Å². The molecule has 13 nitrogen and oxygen atoms in total. The van der Waals surface area contributed by atoms with E-state index in [1.807, 2.05) is 13.8 Å². The van der Waals surface area contributed by atoms with Crippen LogP contribution in [0.2, 0.25) is 0 Å². The highest BCUT2D eigenvalue weighted by Crippen LogP contribution is 2.29. The Morgan fingerprint density at radius 3 is 2.06 bits per heavy atom. The van der Waals surface area contributed by atoms with E-state index in [2.05, 4.69) is 21.1 Å². The molecule has 13 heteroatoms. The molecule has 4 N–H and O–H groups in total. The Labute approximate surface area is 203 Å². The molecule has 4 atom stereocenters. The first-order valence-corrected chi connectivity index (χ1v) is 11.2. The molecule has 1 aliphatic heterocycles. The summed E-state index contributed by atoms with van der Waals surface area (Å²) in [6.07, 6.45) is 0.396. The van der Waals surface area contributed by atoms with E-state index in [1.165, 1.54) is 20.3 Å². The van der Waals surface area contributed by atoms with Gasteiger partial charge < -0.3 is 39.8 Å². The van der Waals surface area contributed by atoms with Crippen LogP contribution in [0.25, 0.3) is 0 Å². The number of aliphatic hydroxyl groups is 1. The first-order chi connectivity index (χ1) is 16.5. The topological polar surface area (TPSA) is 182 Å². The number of methoxy groups -OCH3 is 2. The van der Waals surface area contributed by atoms with Crippen molar-refractivity contribution in [3.05, 3.63) is 17.5 Å². The number of aliphatic hydroxyl groups excluding tert-OH is 1. The molecule has 0 aliphatic carbocycles. The van der Waals surface area contributed by atoms with Crippen molar-refractivity contribution >= 4 is 23.5 Å². The third-order valence-corrected chi connectivity index (χ3v) is 5.31. The molecule has 1 aromatic rings. The van der Waals surface area contributed by atoms with Crippen molar-refractivity contribution in [2.24, 2.45) is 5.92 Å². The van der Waals surface area contributed by atoms with E-state index in [0.29, 0.717) is 6.42 Å². The van der Waals surface area contributed by atoms with Gasteiger partial charge in [0.15, 0.2) is 17.2 Å². The molecule has 0 aromatic carbocycles. The summed E-state index contributed by atoms with van der Waals surface area (Å²) >= 11 is 0. The van der Waals surface area contributed by atoms with E-state index in [1.54, 1.807) is 6.92 Å². The number of epoxide rings is 1. The lowest BCUT2D eigenvalue weighted by Crippen LogP contribution is -2.58. The Hall–Kier alpha value is -2.87. The first kappa shape index (κ1) is 28.4. The van der Waals surface area contributed by atoms with Crippen LogP contribution in [0.5, 0.6) is 0 Å². The molecule has 4 unspecified atom stereocenters. The number of ether oxygens (including phenoxy) is 3. The molecular formula is C22H34N4O9. The van der Waals surface area contributed by atoms with E-state index in [9.17, 15) is 19.2 Å². The molecule has 196 valence electrons. The summed E-state index contributed by atoms with van der Waals surface area (Å²) < 4.78 is 20.1. The van der Waals surface area contributed by atoms with E-state index in [0.717, 1.165) is 0 Å². The highest BCUT2D eigenvalue weighted by Gasteiger charge is 2.50. The van der Waals surface area contributed by atoms with E-state index >= 15 is 0 Å². The maximum Gasteiger partial charge on any atom is 0.274 e. The van der Waals surface area contributed by atoms with Crippen LogP contribution in [0.4, 0.5) is 0 Å². The van der Waals surface area contributed by atoms with Gasteiger partial charge in [0.25, 0.3) is 5.91 Å². The zero-order valence-electron chi connectivity index (χ0n) is 20.6. The van der Waals surface area contributed by atoms with Crippen LogP contribution in [-0.2, 0) is 35.2 Å². The van der Waals surface area contributed by atoms with Crippen molar-refractivity contribution in [1.82, 2.24) is 21.1 Å². The number of nitrogens with zero attached hydrogens (tertiary/aromatic N) is 1. The molecule has 0 spiro atoms. The summed E-state index contributed by atoms with van der Waals surface area (Å²) in [7, 11) is 2.70. The second-order valence-corrected chi connectivity index (χ2v) is 8.91. The quantitative estimate of drug-likeness (QED) is 0.217. The van der Waals surface area contributed by atoms with Crippen LogP contribution >= 0.6 is 0 Å². The minimum Gasteiger partial charge on any atom is -0.388 e. The maximum absolute atomic E-state index is 13.0. The lowest BCUT2D eigenvalue weighted by atomic mass is 9.93. The predicted molar refractivity (Wildman–Crippen MR) is 120 cm³/mol. The summed E-state index contributed by atoms with van der Waals surface area (Å²) in [6, 6.07) is -1.89. The summed E-state index contributed by atoms with van der Waals surface area (Å²) in [5.74, 6) is -2.11. The van der Waals surface area contributed by atoms with Gasteiger partial charge in [-0.15, -0.1) is 0 Å². The van der Waals surface area contributed by atoms with Crippen molar-refractivity contribution in [3.63, 3.8) is 0 Å². The number of hydrogen-bond donors (Lipinski definition) is 4. The average molecular weight is 499 g/mol. The fourth-order valence-electron chi connectivity index (χ4n) is 3.29. The second-order valence-electron chi connectivity index (χ2n) is 8.91. The first-order valence-electron chi connectivity index (χ1n) is 11.2. The number of aromatic nitrogens is 1. The van der Waals surface area contributed by atoms with Crippen LogP contribution in [0.15, 0.2) is 10.6 Å². The molecule has 2 rings (SSSR count). The fourth-order valence-corrected chi connectivity index (χ4v) is 3.29. The van der Waals surface area contributed by atoms with Gasteiger partial charge in [-0.05, 0) is 19.3 Å². The third-order valence-electron chi connectivity index (χ3n) is 5.31. The molecule has 1 aliphatic rings. The number of rotatable bonds is 15. The summed E-state index contributed by atoms with van der Waals surface area (Å²) in [5.41, 5.74) is -1.06. The normalized spacial score (nSPS) is 19.5. The van der Waals surface area contributed by atoms with Gasteiger partial charge in [-0.2, -0.15) is 0 Å². The Morgan fingerprint density at radius 2 is 1.60 bits per heavy atom.